The van der Waals surface area contributed by atoms with Crippen LogP contribution >= 0.6 is 11.8 Å². The fourth-order valence-corrected chi connectivity index (χ4v) is 2.09. The number of rotatable bonds is 5. The van der Waals surface area contributed by atoms with Gasteiger partial charge in [0.15, 0.2) is 0 Å². The Labute approximate surface area is 90.0 Å². The van der Waals surface area contributed by atoms with Crippen LogP contribution in [0.1, 0.15) is 12.2 Å². The molecule has 0 saturated heterocycles. The van der Waals surface area contributed by atoms with Crippen molar-refractivity contribution >= 4 is 11.8 Å². The van der Waals surface area contributed by atoms with E-state index in [1.807, 2.05) is 0 Å². The Morgan fingerprint density at radius 3 is 2.67 bits per heavy atom. The van der Waals surface area contributed by atoms with Crippen molar-refractivity contribution in [1.29, 1.82) is 0 Å². The largest absolute Gasteiger partial charge is 0.468 e. The molecule has 0 aliphatic rings. The molecule has 86 valence electrons. The number of halogens is 3. The van der Waals surface area contributed by atoms with Gasteiger partial charge in [-0.1, -0.05) is 0 Å². The maximum absolute atomic E-state index is 12.4. The lowest BCUT2D eigenvalue weighted by Gasteiger charge is -2.18. The Morgan fingerprint density at radius 2 is 2.20 bits per heavy atom. The Kier molecular flexibility index (Phi) is 4.53. The predicted molar refractivity (Wildman–Crippen MR) is 53.5 cm³/mol. The molecule has 0 amide bonds. The molecule has 15 heavy (non-hydrogen) atoms. The van der Waals surface area contributed by atoms with Gasteiger partial charge in [-0.2, -0.15) is 13.2 Å². The van der Waals surface area contributed by atoms with E-state index in [9.17, 15) is 13.2 Å². The lowest BCUT2D eigenvalue weighted by atomic mass is 10.3. The number of hydrogen-bond acceptors (Lipinski definition) is 3. The second-order valence-electron chi connectivity index (χ2n) is 3.00. The highest BCUT2D eigenvalue weighted by atomic mass is 32.2. The summed E-state index contributed by atoms with van der Waals surface area (Å²) in [5.74, 6) is 0.767. The summed E-state index contributed by atoms with van der Waals surface area (Å²) in [4.78, 5) is 0. The molecule has 1 aromatic heterocycles. The zero-order chi connectivity index (χ0) is 11.3. The van der Waals surface area contributed by atoms with Gasteiger partial charge in [0.05, 0.1) is 12.0 Å². The molecule has 2 N–H and O–H groups in total. The highest BCUT2D eigenvalue weighted by Gasteiger charge is 2.39. The molecule has 0 bridgehead atoms. The van der Waals surface area contributed by atoms with Crippen molar-refractivity contribution in [2.24, 2.45) is 5.73 Å². The van der Waals surface area contributed by atoms with Crippen molar-refractivity contribution in [2.75, 3.05) is 6.54 Å². The monoisotopic (exact) mass is 239 g/mol. The second-order valence-corrected chi connectivity index (χ2v) is 4.19. The molecule has 1 unspecified atom stereocenters. The number of nitrogens with two attached hydrogens (primary N) is 1. The summed E-state index contributed by atoms with van der Waals surface area (Å²) in [6, 6.07) is 3.31. The molecule has 0 spiro atoms. The maximum Gasteiger partial charge on any atom is 0.400 e. The molecular formula is C9H12F3NOS. The van der Waals surface area contributed by atoms with E-state index >= 15 is 0 Å². The van der Waals surface area contributed by atoms with Gasteiger partial charge < -0.3 is 10.2 Å². The maximum atomic E-state index is 12.4. The average Bonchev–Trinajstić information content (AvgIpc) is 2.62. The lowest BCUT2D eigenvalue weighted by Crippen LogP contribution is -2.28. The predicted octanol–water partition coefficient (Wildman–Crippen LogP) is 2.79. The summed E-state index contributed by atoms with van der Waals surface area (Å²) in [5.41, 5.74) is 5.14. The van der Waals surface area contributed by atoms with E-state index in [1.165, 1.54) is 6.26 Å². The van der Waals surface area contributed by atoms with Gasteiger partial charge in [-0.3, -0.25) is 0 Å². The van der Waals surface area contributed by atoms with E-state index < -0.39 is 11.4 Å². The SMILES string of the molecule is NCCC(SCc1ccco1)C(F)(F)F. The molecule has 2 nitrogen and oxygen atoms in total. The van der Waals surface area contributed by atoms with Crippen molar-refractivity contribution < 1.29 is 17.6 Å². The zero-order valence-electron chi connectivity index (χ0n) is 7.96. The molecule has 1 heterocycles. The fraction of sp³-hybridized carbons (Fsp3) is 0.556. The van der Waals surface area contributed by atoms with Crippen molar-refractivity contribution in [3.8, 4) is 0 Å². The highest BCUT2D eigenvalue weighted by Crippen LogP contribution is 2.34. The molecule has 1 rings (SSSR count). The van der Waals surface area contributed by atoms with Crippen LogP contribution in [0.25, 0.3) is 0 Å². The molecular weight excluding hydrogens is 227 g/mol. The molecule has 6 heteroatoms. The molecule has 0 fully saturated rings. The minimum Gasteiger partial charge on any atom is -0.468 e. The van der Waals surface area contributed by atoms with E-state index in [1.54, 1.807) is 12.1 Å². The standard InChI is InChI=1S/C9H12F3NOS/c10-9(11,12)8(3-4-13)15-6-7-2-1-5-14-7/h1-2,5,8H,3-4,6,13H2. The second kappa shape index (κ2) is 5.46. The van der Waals surface area contributed by atoms with Gasteiger partial charge in [-0.25, -0.2) is 0 Å². The molecule has 1 atom stereocenters. The van der Waals surface area contributed by atoms with Crippen molar-refractivity contribution in [1.82, 2.24) is 0 Å². The number of hydrogen-bond donors (Lipinski definition) is 1. The van der Waals surface area contributed by atoms with Crippen LogP contribution in [0.15, 0.2) is 22.8 Å². The first-order valence-electron chi connectivity index (χ1n) is 4.45. The summed E-state index contributed by atoms with van der Waals surface area (Å²) in [7, 11) is 0. The van der Waals surface area contributed by atoms with Crippen LogP contribution in [0, 0.1) is 0 Å². The van der Waals surface area contributed by atoms with E-state index in [-0.39, 0.29) is 18.7 Å². The molecule has 0 aliphatic carbocycles. The van der Waals surface area contributed by atoms with Crippen LogP contribution in [0.3, 0.4) is 0 Å². The van der Waals surface area contributed by atoms with Crippen LogP contribution < -0.4 is 5.73 Å². The number of thioether (sulfide) groups is 1. The van der Waals surface area contributed by atoms with Gasteiger partial charge in [-0.05, 0) is 25.1 Å². The van der Waals surface area contributed by atoms with E-state index in [4.69, 9.17) is 10.2 Å². The van der Waals surface area contributed by atoms with Crippen molar-refractivity contribution in [3.05, 3.63) is 24.2 Å². The molecule has 0 radical (unpaired) electrons. The quantitative estimate of drug-likeness (QED) is 0.858. The first-order valence-corrected chi connectivity index (χ1v) is 5.49. The summed E-state index contributed by atoms with van der Waals surface area (Å²) in [6.45, 7) is 0.0370. The Morgan fingerprint density at radius 1 is 1.47 bits per heavy atom. The van der Waals surface area contributed by atoms with Crippen LogP contribution in [0.4, 0.5) is 13.2 Å². The smallest absolute Gasteiger partial charge is 0.400 e. The van der Waals surface area contributed by atoms with Gasteiger partial charge >= 0.3 is 6.18 Å². The fourth-order valence-electron chi connectivity index (χ4n) is 1.07. The topological polar surface area (TPSA) is 39.2 Å². The summed E-state index contributed by atoms with van der Waals surface area (Å²) in [5, 5.41) is -1.41. The van der Waals surface area contributed by atoms with Crippen molar-refractivity contribution in [2.45, 2.75) is 23.6 Å². The lowest BCUT2D eigenvalue weighted by molar-refractivity contribution is -0.129. The minimum atomic E-state index is -4.20. The first-order chi connectivity index (χ1) is 7.04. The molecule has 0 saturated carbocycles. The van der Waals surface area contributed by atoms with Gasteiger partial charge in [0.1, 0.15) is 11.0 Å². The summed E-state index contributed by atoms with van der Waals surface area (Å²) < 4.78 is 42.2. The van der Waals surface area contributed by atoms with E-state index in [0.29, 0.717) is 5.76 Å². The van der Waals surface area contributed by atoms with E-state index in [0.717, 1.165) is 11.8 Å². The minimum absolute atomic E-state index is 0.0370. The van der Waals surface area contributed by atoms with Gasteiger partial charge in [0, 0.05) is 0 Å². The Hall–Kier alpha value is -0.620. The third kappa shape index (κ3) is 4.17. The Balaban J connectivity index is 2.45. The summed E-state index contributed by atoms with van der Waals surface area (Å²) in [6.07, 6.45) is -2.81. The number of alkyl halides is 3. The van der Waals surface area contributed by atoms with Crippen LogP contribution in [0.5, 0.6) is 0 Å². The van der Waals surface area contributed by atoms with Crippen LogP contribution in [0.2, 0.25) is 0 Å². The molecule has 0 aliphatic heterocycles. The van der Waals surface area contributed by atoms with E-state index in [2.05, 4.69) is 0 Å². The normalized spacial score (nSPS) is 14.1. The zero-order valence-corrected chi connectivity index (χ0v) is 8.77. The Bertz CT molecular complexity index is 273. The first kappa shape index (κ1) is 12.4. The van der Waals surface area contributed by atoms with Gasteiger partial charge in [0.2, 0.25) is 0 Å². The van der Waals surface area contributed by atoms with Crippen LogP contribution in [-0.4, -0.2) is 18.0 Å². The number of furan rings is 1. The van der Waals surface area contributed by atoms with Gasteiger partial charge in [0.25, 0.3) is 0 Å². The average molecular weight is 239 g/mol. The van der Waals surface area contributed by atoms with Crippen LogP contribution in [-0.2, 0) is 5.75 Å². The molecule has 1 aromatic rings. The van der Waals surface area contributed by atoms with Crippen molar-refractivity contribution in [3.63, 3.8) is 0 Å². The van der Waals surface area contributed by atoms with Gasteiger partial charge in [-0.15, -0.1) is 11.8 Å². The highest BCUT2D eigenvalue weighted by molar-refractivity contribution is 7.99. The molecule has 0 aromatic carbocycles. The summed E-state index contributed by atoms with van der Waals surface area (Å²) >= 11 is 0.812. The third-order valence-electron chi connectivity index (χ3n) is 1.80. The third-order valence-corrected chi connectivity index (χ3v) is 3.16.